The molecule has 0 aliphatic carbocycles. The van der Waals surface area contributed by atoms with Crippen LogP contribution in [0.4, 0.5) is 0 Å². The van der Waals surface area contributed by atoms with Gasteiger partial charge in [0.05, 0.1) is 4.88 Å². The molecule has 3 rings (SSSR count). The molecule has 140 valence electrons. The number of nitrogens with one attached hydrogen (secondary N) is 1. The monoisotopic (exact) mass is 385 g/mol. The van der Waals surface area contributed by atoms with E-state index in [1.165, 1.54) is 11.3 Å². The van der Waals surface area contributed by atoms with Crippen molar-refractivity contribution in [3.05, 3.63) is 22.4 Å². The van der Waals surface area contributed by atoms with Crippen molar-refractivity contribution in [1.82, 2.24) is 15.1 Å². The zero-order valence-corrected chi connectivity index (χ0v) is 16.4. The third-order valence-electron chi connectivity index (χ3n) is 5.20. The molecule has 5 nitrogen and oxygen atoms in total. The first-order valence-corrected chi connectivity index (χ1v) is 9.86. The number of hydrogen-bond donors (Lipinski definition) is 1. The number of hydrogen-bond acceptors (Lipinski definition) is 4. The Kier molecular flexibility index (Phi) is 7.72. The summed E-state index contributed by atoms with van der Waals surface area (Å²) in [5, 5.41) is 5.14. The second kappa shape index (κ2) is 9.55. The van der Waals surface area contributed by atoms with Gasteiger partial charge in [0, 0.05) is 19.6 Å². The predicted octanol–water partition coefficient (Wildman–Crippen LogP) is 2.62. The van der Waals surface area contributed by atoms with Crippen molar-refractivity contribution >= 4 is 35.6 Å². The summed E-state index contributed by atoms with van der Waals surface area (Å²) in [6, 6.07) is 3.48. The summed E-state index contributed by atoms with van der Waals surface area (Å²) in [7, 11) is 1.98. The van der Waals surface area contributed by atoms with Crippen LogP contribution in [0.25, 0.3) is 0 Å². The molecule has 1 atom stereocenters. The van der Waals surface area contributed by atoms with E-state index in [0.29, 0.717) is 12.5 Å². The van der Waals surface area contributed by atoms with E-state index >= 15 is 0 Å². The summed E-state index contributed by atoms with van der Waals surface area (Å²) in [6.07, 6.45) is 4.93. The molecule has 2 aliphatic rings. The Morgan fingerprint density at radius 2 is 1.96 bits per heavy atom. The van der Waals surface area contributed by atoms with E-state index in [4.69, 9.17) is 0 Å². The maximum absolute atomic E-state index is 13.0. The molecule has 1 aromatic rings. The Balaban J connectivity index is 0.00000225. The van der Waals surface area contributed by atoms with Crippen LogP contribution in [0.1, 0.15) is 41.8 Å². The average molecular weight is 386 g/mol. The molecule has 0 saturated carbocycles. The van der Waals surface area contributed by atoms with Crippen molar-refractivity contribution in [1.29, 1.82) is 0 Å². The molecule has 1 unspecified atom stereocenters. The number of halogens is 1. The topological polar surface area (TPSA) is 52.7 Å². The van der Waals surface area contributed by atoms with Gasteiger partial charge in [-0.1, -0.05) is 6.07 Å². The summed E-state index contributed by atoms with van der Waals surface area (Å²) in [5.41, 5.74) is 0. The molecular formula is C18H28ClN3O2S. The van der Waals surface area contributed by atoms with E-state index in [2.05, 4.69) is 5.32 Å². The van der Waals surface area contributed by atoms with E-state index < -0.39 is 0 Å². The van der Waals surface area contributed by atoms with Crippen molar-refractivity contribution in [2.45, 2.75) is 38.1 Å². The van der Waals surface area contributed by atoms with Crippen LogP contribution < -0.4 is 5.32 Å². The summed E-state index contributed by atoms with van der Waals surface area (Å²) >= 11 is 1.46. The SMILES string of the molecule is CNCC1CCN(C(=O)C2CCCCN2C(=O)c2cccs2)CC1.Cl. The first-order chi connectivity index (χ1) is 11.7. The predicted molar refractivity (Wildman–Crippen MR) is 103 cm³/mol. The van der Waals surface area contributed by atoms with Crippen molar-refractivity contribution in [3.63, 3.8) is 0 Å². The highest BCUT2D eigenvalue weighted by Crippen LogP contribution is 2.25. The van der Waals surface area contributed by atoms with Gasteiger partial charge in [-0.25, -0.2) is 0 Å². The molecule has 0 aromatic carbocycles. The highest BCUT2D eigenvalue weighted by Gasteiger charge is 2.36. The molecule has 0 radical (unpaired) electrons. The van der Waals surface area contributed by atoms with Crippen LogP contribution in [0.15, 0.2) is 17.5 Å². The Bertz CT molecular complexity index is 559. The third kappa shape index (κ3) is 4.74. The summed E-state index contributed by atoms with van der Waals surface area (Å²) in [4.78, 5) is 30.3. The fourth-order valence-electron chi connectivity index (χ4n) is 3.83. The van der Waals surface area contributed by atoms with E-state index in [-0.39, 0.29) is 30.3 Å². The van der Waals surface area contributed by atoms with Crippen LogP contribution in [0.2, 0.25) is 0 Å². The van der Waals surface area contributed by atoms with Gasteiger partial charge in [0.15, 0.2) is 0 Å². The number of piperidine rings is 2. The minimum atomic E-state index is -0.269. The highest BCUT2D eigenvalue weighted by atomic mass is 35.5. The van der Waals surface area contributed by atoms with E-state index in [0.717, 1.165) is 56.6 Å². The smallest absolute Gasteiger partial charge is 0.264 e. The lowest BCUT2D eigenvalue weighted by Crippen LogP contribution is -2.54. The normalized spacial score (nSPS) is 21.7. The Morgan fingerprint density at radius 1 is 1.20 bits per heavy atom. The molecule has 7 heteroatoms. The van der Waals surface area contributed by atoms with Crippen LogP contribution in [-0.4, -0.2) is 60.9 Å². The second-order valence-corrected chi connectivity index (χ2v) is 7.76. The van der Waals surface area contributed by atoms with Gasteiger partial charge in [0.25, 0.3) is 5.91 Å². The van der Waals surface area contributed by atoms with Crippen molar-refractivity contribution in [2.75, 3.05) is 33.2 Å². The van der Waals surface area contributed by atoms with E-state index in [1.807, 2.05) is 34.4 Å². The molecule has 2 aliphatic heterocycles. The molecule has 2 fully saturated rings. The molecule has 2 saturated heterocycles. The van der Waals surface area contributed by atoms with Crippen molar-refractivity contribution in [3.8, 4) is 0 Å². The van der Waals surface area contributed by atoms with Gasteiger partial charge in [-0.3, -0.25) is 9.59 Å². The van der Waals surface area contributed by atoms with Gasteiger partial charge >= 0.3 is 0 Å². The van der Waals surface area contributed by atoms with Crippen LogP contribution in [0, 0.1) is 5.92 Å². The number of nitrogens with zero attached hydrogens (tertiary/aromatic N) is 2. The lowest BCUT2D eigenvalue weighted by atomic mass is 9.94. The molecular weight excluding hydrogens is 358 g/mol. The number of likely N-dealkylation sites (tertiary alicyclic amines) is 2. The molecule has 3 heterocycles. The van der Waals surface area contributed by atoms with Gasteiger partial charge in [-0.2, -0.15) is 0 Å². The maximum Gasteiger partial charge on any atom is 0.264 e. The molecule has 25 heavy (non-hydrogen) atoms. The fraction of sp³-hybridized carbons (Fsp3) is 0.667. The summed E-state index contributed by atoms with van der Waals surface area (Å²) < 4.78 is 0. The summed E-state index contributed by atoms with van der Waals surface area (Å²) in [6.45, 7) is 3.36. The molecule has 1 aromatic heterocycles. The van der Waals surface area contributed by atoms with Crippen LogP contribution >= 0.6 is 23.7 Å². The van der Waals surface area contributed by atoms with Gasteiger partial charge in [0.2, 0.25) is 5.91 Å². The van der Waals surface area contributed by atoms with Gasteiger partial charge in [-0.15, -0.1) is 23.7 Å². The lowest BCUT2D eigenvalue weighted by Gasteiger charge is -2.40. The molecule has 2 amide bonds. The van der Waals surface area contributed by atoms with Gasteiger partial charge in [-0.05, 0) is 63.1 Å². The van der Waals surface area contributed by atoms with Crippen LogP contribution in [0.5, 0.6) is 0 Å². The first kappa shape index (κ1) is 20.2. The molecule has 0 bridgehead atoms. The second-order valence-electron chi connectivity index (χ2n) is 6.81. The fourth-order valence-corrected chi connectivity index (χ4v) is 4.51. The van der Waals surface area contributed by atoms with E-state index in [1.54, 1.807) is 0 Å². The standard InChI is InChI=1S/C18H27N3O2S.ClH/c1-19-13-14-7-10-20(11-8-14)17(22)15-5-2-3-9-21(15)18(23)16-6-4-12-24-16;/h4,6,12,14-15,19H,2-3,5,7-11,13H2,1H3;1H. The largest absolute Gasteiger partial charge is 0.341 e. The van der Waals surface area contributed by atoms with Gasteiger partial charge < -0.3 is 15.1 Å². The first-order valence-electron chi connectivity index (χ1n) is 8.98. The van der Waals surface area contributed by atoms with Crippen LogP contribution in [-0.2, 0) is 4.79 Å². The number of rotatable bonds is 4. The Hall–Kier alpha value is -1.11. The minimum Gasteiger partial charge on any atom is -0.341 e. The lowest BCUT2D eigenvalue weighted by molar-refractivity contribution is -0.138. The van der Waals surface area contributed by atoms with Crippen molar-refractivity contribution < 1.29 is 9.59 Å². The quantitative estimate of drug-likeness (QED) is 0.866. The maximum atomic E-state index is 13.0. The highest BCUT2D eigenvalue weighted by molar-refractivity contribution is 7.12. The molecule has 0 spiro atoms. The number of carbonyl (C=O) groups is 2. The Labute approximate surface area is 160 Å². The van der Waals surface area contributed by atoms with Gasteiger partial charge in [0.1, 0.15) is 6.04 Å². The zero-order valence-electron chi connectivity index (χ0n) is 14.8. The number of amides is 2. The number of carbonyl (C=O) groups excluding carboxylic acids is 2. The average Bonchev–Trinajstić information content (AvgIpc) is 3.16. The van der Waals surface area contributed by atoms with Crippen molar-refractivity contribution in [2.24, 2.45) is 5.92 Å². The Morgan fingerprint density at radius 3 is 2.60 bits per heavy atom. The molecule has 1 N–H and O–H groups in total. The minimum absolute atomic E-state index is 0. The van der Waals surface area contributed by atoms with E-state index in [9.17, 15) is 9.59 Å². The number of thiophene rings is 1. The third-order valence-corrected chi connectivity index (χ3v) is 6.06. The van der Waals surface area contributed by atoms with Crippen LogP contribution in [0.3, 0.4) is 0 Å². The zero-order chi connectivity index (χ0) is 16.9. The summed E-state index contributed by atoms with van der Waals surface area (Å²) in [5.74, 6) is 0.838.